The lowest BCUT2D eigenvalue weighted by molar-refractivity contribution is -0.139. The molecule has 0 aliphatic carbocycles. The monoisotopic (exact) mass is 246 g/mol. The average molecular weight is 246 g/mol. The maximum atomic E-state index is 10.4. The zero-order valence-corrected chi connectivity index (χ0v) is 10.0. The van der Waals surface area contributed by atoms with Gasteiger partial charge in [0, 0.05) is 0 Å². The van der Waals surface area contributed by atoms with Crippen LogP contribution in [-0.4, -0.2) is 41.4 Å². The first-order valence-corrected chi connectivity index (χ1v) is 5.98. The van der Waals surface area contributed by atoms with Crippen LogP contribution in [-0.2, 0) is 9.59 Å². The number of carbonyl (C=O) groups is 2. The number of carboxylic acids is 1. The molecule has 0 aromatic rings. The summed E-state index contributed by atoms with van der Waals surface area (Å²) in [4.78, 5) is 20.6. The molecule has 0 aromatic heterocycles. The van der Waals surface area contributed by atoms with Crippen molar-refractivity contribution in [3.8, 4) is 0 Å². The summed E-state index contributed by atoms with van der Waals surface area (Å²) in [6.07, 6.45) is 3.85. The van der Waals surface area contributed by atoms with Crippen molar-refractivity contribution in [1.29, 1.82) is 0 Å². The second-order valence-corrected chi connectivity index (χ2v) is 4.42. The van der Waals surface area contributed by atoms with Crippen LogP contribution in [0.4, 0.5) is 0 Å². The molecular weight excluding hydrogens is 228 g/mol. The summed E-state index contributed by atoms with van der Waals surface area (Å²) >= 11 is 3.69. The second kappa shape index (κ2) is 6.88. The largest absolute Gasteiger partial charge is 0.480 e. The SMILES string of the molecule is O=C(O)[C@@H]1CCCN1.O=C(S)[C@@H]1CCCN1. The maximum Gasteiger partial charge on any atom is 0.320 e. The van der Waals surface area contributed by atoms with E-state index in [4.69, 9.17) is 5.11 Å². The Hall–Kier alpha value is -0.590. The van der Waals surface area contributed by atoms with Gasteiger partial charge in [-0.3, -0.25) is 9.59 Å². The Morgan fingerprint density at radius 2 is 1.56 bits per heavy atom. The van der Waals surface area contributed by atoms with Crippen LogP contribution in [0.1, 0.15) is 25.7 Å². The molecule has 6 heteroatoms. The normalized spacial score (nSPS) is 28.3. The number of hydrogen-bond acceptors (Lipinski definition) is 4. The molecule has 2 rings (SSSR count). The highest BCUT2D eigenvalue weighted by Gasteiger charge is 2.20. The van der Waals surface area contributed by atoms with Crippen molar-refractivity contribution in [1.82, 2.24) is 10.6 Å². The van der Waals surface area contributed by atoms with Gasteiger partial charge >= 0.3 is 5.97 Å². The minimum atomic E-state index is -0.720. The second-order valence-electron chi connectivity index (χ2n) is 3.97. The van der Waals surface area contributed by atoms with E-state index in [1.807, 2.05) is 0 Å². The third-order valence-electron chi connectivity index (χ3n) is 2.72. The molecule has 92 valence electrons. The van der Waals surface area contributed by atoms with Gasteiger partial charge in [0.05, 0.1) is 6.04 Å². The molecule has 2 atom stereocenters. The van der Waals surface area contributed by atoms with Crippen molar-refractivity contribution in [2.75, 3.05) is 13.1 Å². The molecule has 16 heavy (non-hydrogen) atoms. The highest BCUT2D eigenvalue weighted by molar-refractivity contribution is 7.96. The molecule has 2 aliphatic heterocycles. The van der Waals surface area contributed by atoms with Crippen LogP contribution in [0, 0.1) is 0 Å². The topological polar surface area (TPSA) is 78.4 Å². The van der Waals surface area contributed by atoms with E-state index >= 15 is 0 Å². The first kappa shape index (κ1) is 13.5. The third kappa shape index (κ3) is 4.51. The Kier molecular flexibility index (Phi) is 5.79. The van der Waals surface area contributed by atoms with E-state index in [-0.39, 0.29) is 17.2 Å². The molecule has 2 aliphatic rings. The fourth-order valence-electron chi connectivity index (χ4n) is 1.79. The van der Waals surface area contributed by atoms with Gasteiger partial charge in [-0.15, -0.1) is 12.6 Å². The predicted molar refractivity (Wildman–Crippen MR) is 63.7 cm³/mol. The lowest BCUT2D eigenvalue weighted by Crippen LogP contribution is -2.29. The summed E-state index contributed by atoms with van der Waals surface area (Å²) in [5, 5.41) is 14.2. The standard InChI is InChI=1S/C5H9NO2.C5H9NOS/c2*7-5(8)4-2-1-3-6-4/h2*4,6H,1-3H2,(H,7,8)/t2*4-/m00/s1. The summed E-state index contributed by atoms with van der Waals surface area (Å²) in [5.74, 6) is -0.720. The quantitative estimate of drug-likeness (QED) is 0.517. The average Bonchev–Trinajstić information content (AvgIpc) is 2.93. The number of thiol groups is 1. The summed E-state index contributed by atoms with van der Waals surface area (Å²) < 4.78 is 0. The summed E-state index contributed by atoms with van der Waals surface area (Å²) in [5.41, 5.74) is 0. The van der Waals surface area contributed by atoms with Crippen LogP contribution in [0.5, 0.6) is 0 Å². The zero-order valence-electron chi connectivity index (χ0n) is 9.11. The number of carboxylic acid groups (broad SMARTS) is 1. The van der Waals surface area contributed by atoms with Gasteiger partial charge < -0.3 is 15.7 Å². The number of carbonyl (C=O) groups excluding carboxylic acids is 1. The molecule has 0 bridgehead atoms. The van der Waals surface area contributed by atoms with Crippen molar-refractivity contribution in [3.05, 3.63) is 0 Å². The molecule has 0 saturated carbocycles. The highest BCUT2D eigenvalue weighted by Crippen LogP contribution is 2.06. The van der Waals surface area contributed by atoms with Gasteiger partial charge in [-0.25, -0.2) is 0 Å². The van der Waals surface area contributed by atoms with E-state index in [2.05, 4.69) is 23.3 Å². The molecule has 0 radical (unpaired) electrons. The van der Waals surface area contributed by atoms with Crippen LogP contribution >= 0.6 is 12.6 Å². The predicted octanol–water partition coefficient (Wildman–Crippen LogP) is 0.0178. The molecule has 0 spiro atoms. The number of rotatable bonds is 2. The van der Waals surface area contributed by atoms with Crippen molar-refractivity contribution < 1.29 is 14.7 Å². The summed E-state index contributed by atoms with van der Waals surface area (Å²) in [7, 11) is 0. The molecule has 0 aromatic carbocycles. The van der Waals surface area contributed by atoms with E-state index in [0.29, 0.717) is 0 Å². The number of nitrogens with one attached hydrogen (secondary N) is 2. The molecule has 2 fully saturated rings. The van der Waals surface area contributed by atoms with E-state index < -0.39 is 5.97 Å². The molecular formula is C10H18N2O3S. The van der Waals surface area contributed by atoms with Gasteiger partial charge in [-0.05, 0) is 38.8 Å². The molecule has 2 saturated heterocycles. The molecule has 2 heterocycles. The minimum Gasteiger partial charge on any atom is -0.480 e. The highest BCUT2D eigenvalue weighted by atomic mass is 32.1. The lowest BCUT2D eigenvalue weighted by Gasteiger charge is -2.00. The lowest BCUT2D eigenvalue weighted by atomic mass is 10.2. The van der Waals surface area contributed by atoms with E-state index in [0.717, 1.165) is 38.8 Å². The van der Waals surface area contributed by atoms with Crippen molar-refractivity contribution in [2.24, 2.45) is 0 Å². The Labute approximate surface area is 100 Å². The number of aliphatic carboxylic acids is 1. The minimum absolute atomic E-state index is 0.0255. The van der Waals surface area contributed by atoms with E-state index in [9.17, 15) is 9.59 Å². The Morgan fingerprint density at radius 3 is 1.75 bits per heavy atom. The van der Waals surface area contributed by atoms with Crippen LogP contribution in [0.3, 0.4) is 0 Å². The third-order valence-corrected chi connectivity index (χ3v) is 3.03. The van der Waals surface area contributed by atoms with Crippen molar-refractivity contribution >= 4 is 23.7 Å². The fraction of sp³-hybridized carbons (Fsp3) is 0.800. The fourth-order valence-corrected chi connectivity index (χ4v) is 2.01. The van der Waals surface area contributed by atoms with Gasteiger partial charge in [0.25, 0.3) is 0 Å². The Bertz CT molecular complexity index is 222. The zero-order chi connectivity index (χ0) is 12.0. The Balaban J connectivity index is 0.000000160. The first-order chi connectivity index (χ1) is 7.61. The van der Waals surface area contributed by atoms with Gasteiger partial charge in [0.15, 0.2) is 0 Å². The molecule has 3 N–H and O–H groups in total. The van der Waals surface area contributed by atoms with Crippen LogP contribution in [0.25, 0.3) is 0 Å². The number of hydrogen-bond donors (Lipinski definition) is 4. The van der Waals surface area contributed by atoms with Gasteiger partial charge in [-0.1, -0.05) is 0 Å². The summed E-state index contributed by atoms with van der Waals surface area (Å²) in [6, 6.07) is -0.228. The van der Waals surface area contributed by atoms with Crippen LogP contribution in [0.15, 0.2) is 0 Å². The smallest absolute Gasteiger partial charge is 0.320 e. The molecule has 0 amide bonds. The molecule has 5 nitrogen and oxygen atoms in total. The Morgan fingerprint density at radius 1 is 1.06 bits per heavy atom. The van der Waals surface area contributed by atoms with Gasteiger partial charge in [-0.2, -0.15) is 0 Å². The van der Waals surface area contributed by atoms with Crippen LogP contribution < -0.4 is 10.6 Å². The van der Waals surface area contributed by atoms with Crippen molar-refractivity contribution in [2.45, 2.75) is 37.8 Å². The van der Waals surface area contributed by atoms with Gasteiger partial charge in [0.2, 0.25) is 5.12 Å². The van der Waals surface area contributed by atoms with Gasteiger partial charge in [0.1, 0.15) is 6.04 Å². The first-order valence-electron chi connectivity index (χ1n) is 5.53. The maximum absolute atomic E-state index is 10.4. The summed E-state index contributed by atoms with van der Waals surface area (Å²) in [6.45, 7) is 1.83. The van der Waals surface area contributed by atoms with Crippen LogP contribution in [0.2, 0.25) is 0 Å². The van der Waals surface area contributed by atoms with E-state index in [1.54, 1.807) is 0 Å². The molecule has 0 unspecified atom stereocenters. The van der Waals surface area contributed by atoms with Crippen molar-refractivity contribution in [3.63, 3.8) is 0 Å². The van der Waals surface area contributed by atoms with E-state index in [1.165, 1.54) is 0 Å².